The van der Waals surface area contributed by atoms with Gasteiger partial charge in [-0.2, -0.15) is 11.3 Å². The average Bonchev–Trinajstić information content (AvgIpc) is 2.87. The fraction of sp³-hybridized carbons (Fsp3) is 0.733. The van der Waals surface area contributed by atoms with Gasteiger partial charge in [0.25, 0.3) is 0 Å². The van der Waals surface area contributed by atoms with Gasteiger partial charge in [0.2, 0.25) is 0 Å². The Balaban J connectivity index is 1.67. The molecular weight excluding hydrogens is 304 g/mol. The Morgan fingerprint density at radius 1 is 1.43 bits per heavy atom. The van der Waals surface area contributed by atoms with Crippen LogP contribution in [-0.4, -0.2) is 51.0 Å². The van der Waals surface area contributed by atoms with Gasteiger partial charge in [-0.25, -0.2) is 8.42 Å². The van der Waals surface area contributed by atoms with Gasteiger partial charge in [0.15, 0.2) is 0 Å². The summed E-state index contributed by atoms with van der Waals surface area (Å²) < 4.78 is 23.0. The highest BCUT2D eigenvalue weighted by Crippen LogP contribution is 2.55. The van der Waals surface area contributed by atoms with Crippen molar-refractivity contribution in [1.82, 2.24) is 10.2 Å². The maximum absolute atomic E-state index is 11.5. The van der Waals surface area contributed by atoms with E-state index in [1.165, 1.54) is 31.1 Å². The second-order valence-electron chi connectivity index (χ2n) is 6.56. The van der Waals surface area contributed by atoms with Crippen LogP contribution in [0.25, 0.3) is 0 Å². The lowest BCUT2D eigenvalue weighted by Gasteiger charge is -2.29. The Hall–Kier alpha value is -0.430. The molecule has 1 atom stereocenters. The fourth-order valence-corrected chi connectivity index (χ4v) is 4.78. The summed E-state index contributed by atoms with van der Waals surface area (Å²) in [6.45, 7) is 3.76. The topological polar surface area (TPSA) is 49.4 Å². The smallest absolute Gasteiger partial charge is 0.148 e. The van der Waals surface area contributed by atoms with E-state index in [1.54, 1.807) is 11.3 Å². The maximum Gasteiger partial charge on any atom is 0.148 e. The van der Waals surface area contributed by atoms with E-state index in [9.17, 15) is 8.42 Å². The number of piperidine rings is 1. The van der Waals surface area contributed by atoms with Crippen LogP contribution in [0.3, 0.4) is 0 Å². The van der Waals surface area contributed by atoms with Crippen molar-refractivity contribution in [3.63, 3.8) is 0 Å². The van der Waals surface area contributed by atoms with E-state index >= 15 is 0 Å². The minimum absolute atomic E-state index is 0.266. The highest BCUT2D eigenvalue weighted by Gasteiger charge is 2.56. The largest absolute Gasteiger partial charge is 0.317 e. The predicted octanol–water partition coefficient (Wildman–Crippen LogP) is 1.74. The molecule has 2 aliphatic rings. The van der Waals surface area contributed by atoms with Crippen LogP contribution < -0.4 is 5.32 Å². The van der Waals surface area contributed by atoms with Gasteiger partial charge in [0.1, 0.15) is 9.84 Å². The zero-order valence-electron chi connectivity index (χ0n) is 12.5. The lowest BCUT2D eigenvalue weighted by molar-refractivity contribution is 0.205. The van der Waals surface area contributed by atoms with Crippen LogP contribution >= 0.6 is 11.3 Å². The summed E-state index contributed by atoms with van der Waals surface area (Å²) in [5.74, 6) is 0.266. The zero-order valence-corrected chi connectivity index (χ0v) is 14.2. The third kappa shape index (κ3) is 3.86. The van der Waals surface area contributed by atoms with Gasteiger partial charge >= 0.3 is 0 Å². The number of sulfone groups is 1. The number of rotatable bonds is 6. The first-order chi connectivity index (χ1) is 9.99. The first-order valence-electron chi connectivity index (χ1n) is 7.62. The van der Waals surface area contributed by atoms with Crippen molar-refractivity contribution >= 4 is 21.2 Å². The predicted molar refractivity (Wildman–Crippen MR) is 87.4 cm³/mol. The van der Waals surface area contributed by atoms with Crippen LogP contribution in [0.2, 0.25) is 0 Å². The number of thiophene rings is 1. The molecule has 2 fully saturated rings. The fourth-order valence-electron chi connectivity index (χ4n) is 3.55. The van der Waals surface area contributed by atoms with Crippen molar-refractivity contribution in [3.05, 3.63) is 22.4 Å². The lowest BCUT2D eigenvalue weighted by Crippen LogP contribution is -2.37. The van der Waals surface area contributed by atoms with Gasteiger partial charge in [0, 0.05) is 25.4 Å². The van der Waals surface area contributed by atoms with E-state index in [1.807, 2.05) is 0 Å². The molecule has 4 nitrogen and oxygen atoms in total. The summed E-state index contributed by atoms with van der Waals surface area (Å²) in [5, 5.41) is 7.69. The third-order valence-electron chi connectivity index (χ3n) is 4.90. The van der Waals surface area contributed by atoms with Crippen molar-refractivity contribution in [2.45, 2.75) is 31.8 Å². The Morgan fingerprint density at radius 3 is 2.81 bits per heavy atom. The Bertz CT molecular complexity index is 563. The molecule has 1 aliphatic carbocycles. The molecule has 1 aliphatic heterocycles. The normalized spacial score (nSPS) is 24.6. The minimum atomic E-state index is -2.90. The highest BCUT2D eigenvalue weighted by molar-refractivity contribution is 7.90. The second-order valence-corrected chi connectivity index (χ2v) is 9.60. The van der Waals surface area contributed by atoms with Gasteiger partial charge in [-0.3, -0.25) is 4.90 Å². The molecule has 118 valence electrons. The van der Waals surface area contributed by atoms with Crippen LogP contribution in [0.5, 0.6) is 0 Å². The van der Waals surface area contributed by atoms with Crippen LogP contribution in [-0.2, 0) is 16.4 Å². The number of nitrogens with one attached hydrogen (secondary N) is 1. The molecule has 1 saturated heterocycles. The summed E-state index contributed by atoms with van der Waals surface area (Å²) in [7, 11) is -2.90. The molecule has 21 heavy (non-hydrogen) atoms. The van der Waals surface area contributed by atoms with E-state index < -0.39 is 9.84 Å². The molecule has 1 aromatic heterocycles. The summed E-state index contributed by atoms with van der Waals surface area (Å²) in [6, 6.07) is 2.72. The SMILES string of the molecule is CS(=O)(=O)CCN(Cc1ccsc1)[C@H]1CC12CCNCC2. The van der Waals surface area contributed by atoms with Crippen LogP contribution in [0.15, 0.2) is 16.8 Å². The molecule has 2 heterocycles. The molecule has 1 spiro atoms. The molecule has 0 radical (unpaired) electrons. The lowest BCUT2D eigenvalue weighted by atomic mass is 9.93. The van der Waals surface area contributed by atoms with E-state index in [0.717, 1.165) is 19.6 Å². The quantitative estimate of drug-likeness (QED) is 0.864. The van der Waals surface area contributed by atoms with Crippen LogP contribution in [0.4, 0.5) is 0 Å². The average molecular weight is 329 g/mol. The van der Waals surface area contributed by atoms with Gasteiger partial charge in [0.05, 0.1) is 5.75 Å². The maximum atomic E-state index is 11.5. The summed E-state index contributed by atoms with van der Waals surface area (Å²) >= 11 is 1.71. The zero-order chi connectivity index (χ0) is 14.9. The van der Waals surface area contributed by atoms with Gasteiger partial charge in [-0.05, 0) is 60.2 Å². The summed E-state index contributed by atoms with van der Waals surface area (Å²) in [6.07, 6.45) is 5.04. The van der Waals surface area contributed by atoms with Crippen molar-refractivity contribution in [1.29, 1.82) is 0 Å². The third-order valence-corrected chi connectivity index (χ3v) is 6.56. The monoisotopic (exact) mass is 328 g/mol. The number of hydrogen-bond acceptors (Lipinski definition) is 5. The molecule has 1 saturated carbocycles. The van der Waals surface area contributed by atoms with Crippen molar-refractivity contribution in [2.75, 3.05) is 31.6 Å². The Morgan fingerprint density at radius 2 is 2.19 bits per heavy atom. The van der Waals surface area contributed by atoms with Crippen molar-refractivity contribution in [3.8, 4) is 0 Å². The molecule has 1 N–H and O–H groups in total. The molecule has 1 aromatic rings. The molecule has 3 rings (SSSR count). The van der Waals surface area contributed by atoms with Gasteiger partial charge < -0.3 is 5.32 Å². The van der Waals surface area contributed by atoms with Gasteiger partial charge in [-0.1, -0.05) is 0 Å². The summed E-state index contributed by atoms with van der Waals surface area (Å²) in [5.41, 5.74) is 1.77. The van der Waals surface area contributed by atoms with E-state index in [-0.39, 0.29) is 5.75 Å². The molecular formula is C15H24N2O2S2. The first-order valence-corrected chi connectivity index (χ1v) is 10.6. The Labute approximate surface area is 131 Å². The van der Waals surface area contributed by atoms with Crippen LogP contribution in [0, 0.1) is 5.41 Å². The van der Waals surface area contributed by atoms with Crippen molar-refractivity contribution < 1.29 is 8.42 Å². The standard InChI is InChI=1S/C15H24N2O2S2/c1-21(18,19)9-7-17(11-13-2-8-20-12-13)14-10-15(14)3-5-16-6-4-15/h2,8,12,14,16H,3-7,9-11H2,1H3/t14-/m0/s1. The van der Waals surface area contributed by atoms with E-state index in [0.29, 0.717) is 18.0 Å². The van der Waals surface area contributed by atoms with Crippen LogP contribution in [0.1, 0.15) is 24.8 Å². The number of nitrogens with zero attached hydrogens (tertiary/aromatic N) is 1. The van der Waals surface area contributed by atoms with Gasteiger partial charge in [-0.15, -0.1) is 0 Å². The molecule has 6 heteroatoms. The second kappa shape index (κ2) is 5.99. The Kier molecular flexibility index (Phi) is 4.41. The highest BCUT2D eigenvalue weighted by atomic mass is 32.2. The molecule has 0 aromatic carbocycles. The molecule has 0 amide bonds. The van der Waals surface area contributed by atoms with Crippen molar-refractivity contribution in [2.24, 2.45) is 5.41 Å². The molecule has 0 unspecified atom stereocenters. The minimum Gasteiger partial charge on any atom is -0.317 e. The first kappa shape index (κ1) is 15.5. The number of hydrogen-bond donors (Lipinski definition) is 1. The summed E-state index contributed by atoms with van der Waals surface area (Å²) in [4.78, 5) is 2.41. The molecule has 0 bridgehead atoms. The van der Waals surface area contributed by atoms with E-state index in [4.69, 9.17) is 0 Å². The van der Waals surface area contributed by atoms with E-state index in [2.05, 4.69) is 27.0 Å².